The Morgan fingerprint density at radius 2 is 2.19 bits per heavy atom. The van der Waals surface area contributed by atoms with Gasteiger partial charge in [-0.2, -0.15) is 0 Å². The molecule has 0 radical (unpaired) electrons. The number of hydrogen-bond acceptors (Lipinski definition) is 4. The standard InChI is InChI=1S/C15H16ClN3O2/c16-12-3-1-11(2-4-12)14-7-13(18-21-14)15(20)19-6-5-10(8-17)9-19/h1-4,7,10H,5-6,8-9,17H2. The van der Waals surface area contributed by atoms with E-state index in [2.05, 4.69) is 5.16 Å². The summed E-state index contributed by atoms with van der Waals surface area (Å²) in [5.74, 6) is 0.844. The summed E-state index contributed by atoms with van der Waals surface area (Å²) >= 11 is 5.85. The molecule has 1 unspecified atom stereocenters. The lowest BCUT2D eigenvalue weighted by atomic mass is 10.1. The predicted molar refractivity (Wildman–Crippen MR) is 80.0 cm³/mol. The fourth-order valence-corrected chi connectivity index (χ4v) is 2.62. The molecule has 6 heteroatoms. The molecule has 1 fully saturated rings. The minimum atomic E-state index is -0.102. The van der Waals surface area contributed by atoms with E-state index in [0.29, 0.717) is 35.5 Å². The van der Waals surface area contributed by atoms with Crippen LogP contribution in [0, 0.1) is 5.92 Å². The van der Waals surface area contributed by atoms with Crippen LogP contribution in [-0.2, 0) is 0 Å². The second-order valence-electron chi connectivity index (χ2n) is 5.22. The van der Waals surface area contributed by atoms with Gasteiger partial charge in [0.2, 0.25) is 0 Å². The summed E-state index contributed by atoms with van der Waals surface area (Å²) in [7, 11) is 0. The van der Waals surface area contributed by atoms with E-state index in [0.717, 1.165) is 18.5 Å². The lowest BCUT2D eigenvalue weighted by Gasteiger charge is -2.13. The average Bonchev–Trinajstić information content (AvgIpc) is 3.16. The summed E-state index contributed by atoms with van der Waals surface area (Å²) in [5, 5.41) is 4.53. The number of aromatic nitrogens is 1. The van der Waals surface area contributed by atoms with Crippen molar-refractivity contribution in [1.82, 2.24) is 10.1 Å². The number of halogens is 1. The molecule has 5 nitrogen and oxygen atoms in total. The molecule has 1 saturated heterocycles. The molecule has 1 amide bonds. The third-order valence-electron chi connectivity index (χ3n) is 3.76. The summed E-state index contributed by atoms with van der Waals surface area (Å²) in [6.07, 6.45) is 0.949. The lowest BCUT2D eigenvalue weighted by Crippen LogP contribution is -2.30. The molecule has 0 saturated carbocycles. The van der Waals surface area contributed by atoms with Gasteiger partial charge in [0.15, 0.2) is 11.5 Å². The summed E-state index contributed by atoms with van der Waals surface area (Å²) in [5.41, 5.74) is 6.82. The van der Waals surface area contributed by atoms with Crippen LogP contribution in [0.4, 0.5) is 0 Å². The Labute approximate surface area is 127 Å². The molecule has 1 aromatic heterocycles. The zero-order chi connectivity index (χ0) is 14.8. The van der Waals surface area contributed by atoms with E-state index >= 15 is 0 Å². The molecule has 2 N–H and O–H groups in total. The van der Waals surface area contributed by atoms with E-state index in [-0.39, 0.29) is 5.91 Å². The topological polar surface area (TPSA) is 72.4 Å². The lowest BCUT2D eigenvalue weighted by molar-refractivity contribution is 0.0777. The van der Waals surface area contributed by atoms with Crippen LogP contribution in [0.15, 0.2) is 34.9 Å². The second kappa shape index (κ2) is 5.87. The van der Waals surface area contributed by atoms with Crippen LogP contribution >= 0.6 is 11.6 Å². The van der Waals surface area contributed by atoms with Crippen molar-refractivity contribution in [3.05, 3.63) is 41.0 Å². The van der Waals surface area contributed by atoms with Crippen molar-refractivity contribution in [1.29, 1.82) is 0 Å². The quantitative estimate of drug-likeness (QED) is 0.945. The fraction of sp³-hybridized carbons (Fsp3) is 0.333. The SMILES string of the molecule is NCC1CCN(C(=O)c2cc(-c3ccc(Cl)cc3)on2)C1. The van der Waals surface area contributed by atoms with Gasteiger partial charge >= 0.3 is 0 Å². The van der Waals surface area contributed by atoms with Crippen molar-refractivity contribution in [2.75, 3.05) is 19.6 Å². The Morgan fingerprint density at radius 3 is 2.86 bits per heavy atom. The smallest absolute Gasteiger partial charge is 0.276 e. The molecular formula is C15H16ClN3O2. The number of benzene rings is 1. The summed E-state index contributed by atoms with van der Waals surface area (Å²) < 4.78 is 5.26. The van der Waals surface area contributed by atoms with Crippen LogP contribution < -0.4 is 5.73 Å². The molecule has 0 bridgehead atoms. The number of carbonyl (C=O) groups excluding carboxylic acids is 1. The zero-order valence-corrected chi connectivity index (χ0v) is 12.2. The monoisotopic (exact) mass is 305 g/mol. The van der Waals surface area contributed by atoms with Crippen LogP contribution in [0.5, 0.6) is 0 Å². The fourth-order valence-electron chi connectivity index (χ4n) is 2.50. The average molecular weight is 306 g/mol. The van der Waals surface area contributed by atoms with Crippen molar-refractivity contribution in [3.8, 4) is 11.3 Å². The van der Waals surface area contributed by atoms with Crippen molar-refractivity contribution in [2.45, 2.75) is 6.42 Å². The largest absolute Gasteiger partial charge is 0.355 e. The van der Waals surface area contributed by atoms with Crippen LogP contribution in [0.1, 0.15) is 16.9 Å². The Kier molecular flexibility index (Phi) is 3.94. The van der Waals surface area contributed by atoms with Gasteiger partial charge in [0.1, 0.15) is 0 Å². The van der Waals surface area contributed by atoms with Gasteiger partial charge < -0.3 is 15.2 Å². The van der Waals surface area contributed by atoms with Gasteiger partial charge in [-0.25, -0.2) is 0 Å². The van der Waals surface area contributed by atoms with Gasteiger partial charge in [-0.1, -0.05) is 16.8 Å². The van der Waals surface area contributed by atoms with Crippen molar-refractivity contribution >= 4 is 17.5 Å². The molecule has 1 aliphatic heterocycles. The molecule has 110 valence electrons. The highest BCUT2D eigenvalue weighted by molar-refractivity contribution is 6.30. The van der Waals surface area contributed by atoms with Crippen molar-refractivity contribution in [3.63, 3.8) is 0 Å². The summed E-state index contributed by atoms with van der Waals surface area (Å²) in [6, 6.07) is 8.87. The molecule has 0 spiro atoms. The Hall–Kier alpha value is -1.85. The Bertz CT molecular complexity index is 639. The minimum Gasteiger partial charge on any atom is -0.355 e. The van der Waals surface area contributed by atoms with E-state index in [1.165, 1.54) is 0 Å². The molecule has 3 rings (SSSR count). The second-order valence-corrected chi connectivity index (χ2v) is 5.66. The van der Waals surface area contributed by atoms with Crippen LogP contribution in [0.25, 0.3) is 11.3 Å². The Morgan fingerprint density at radius 1 is 1.43 bits per heavy atom. The molecular weight excluding hydrogens is 290 g/mol. The number of nitrogens with zero attached hydrogens (tertiary/aromatic N) is 2. The predicted octanol–water partition coefficient (Wildman–Crippen LogP) is 2.42. The number of carbonyl (C=O) groups is 1. The van der Waals surface area contributed by atoms with Gasteiger partial charge in [0.25, 0.3) is 5.91 Å². The normalized spacial score (nSPS) is 18.2. The van der Waals surface area contributed by atoms with E-state index in [9.17, 15) is 4.79 Å². The van der Waals surface area contributed by atoms with Crippen LogP contribution in [0.2, 0.25) is 5.02 Å². The number of likely N-dealkylation sites (tertiary alicyclic amines) is 1. The third kappa shape index (κ3) is 2.94. The first kappa shape index (κ1) is 14.1. The molecule has 0 aliphatic carbocycles. The van der Waals surface area contributed by atoms with Gasteiger partial charge in [-0.05, 0) is 43.1 Å². The molecule has 1 aromatic carbocycles. The van der Waals surface area contributed by atoms with Crippen LogP contribution in [-0.4, -0.2) is 35.6 Å². The summed E-state index contributed by atoms with van der Waals surface area (Å²) in [6.45, 7) is 2.03. The first-order valence-corrected chi connectivity index (χ1v) is 7.27. The molecule has 21 heavy (non-hydrogen) atoms. The highest BCUT2D eigenvalue weighted by Crippen LogP contribution is 2.24. The van der Waals surface area contributed by atoms with E-state index in [4.69, 9.17) is 21.9 Å². The molecule has 2 heterocycles. The van der Waals surface area contributed by atoms with Crippen molar-refractivity contribution < 1.29 is 9.32 Å². The Balaban J connectivity index is 1.75. The van der Waals surface area contributed by atoms with E-state index in [1.54, 1.807) is 23.1 Å². The van der Waals surface area contributed by atoms with Crippen molar-refractivity contribution in [2.24, 2.45) is 11.7 Å². The first-order chi connectivity index (χ1) is 10.2. The van der Waals surface area contributed by atoms with Gasteiger partial charge in [0, 0.05) is 29.7 Å². The maximum atomic E-state index is 12.3. The first-order valence-electron chi connectivity index (χ1n) is 6.89. The highest BCUT2D eigenvalue weighted by Gasteiger charge is 2.28. The number of nitrogens with two attached hydrogens (primary N) is 1. The highest BCUT2D eigenvalue weighted by atomic mass is 35.5. The van der Waals surface area contributed by atoms with Gasteiger partial charge in [-0.3, -0.25) is 4.79 Å². The zero-order valence-electron chi connectivity index (χ0n) is 11.5. The van der Waals surface area contributed by atoms with E-state index in [1.807, 2.05) is 12.1 Å². The molecule has 1 aliphatic rings. The van der Waals surface area contributed by atoms with E-state index < -0.39 is 0 Å². The summed E-state index contributed by atoms with van der Waals surface area (Å²) in [4.78, 5) is 14.1. The van der Waals surface area contributed by atoms with Gasteiger partial charge in [-0.15, -0.1) is 0 Å². The number of hydrogen-bond donors (Lipinski definition) is 1. The van der Waals surface area contributed by atoms with Gasteiger partial charge in [0.05, 0.1) is 0 Å². The third-order valence-corrected chi connectivity index (χ3v) is 4.02. The molecule has 2 aromatic rings. The number of amides is 1. The minimum absolute atomic E-state index is 0.102. The number of rotatable bonds is 3. The maximum Gasteiger partial charge on any atom is 0.276 e. The van der Waals surface area contributed by atoms with Crippen LogP contribution in [0.3, 0.4) is 0 Å². The molecule has 1 atom stereocenters. The maximum absolute atomic E-state index is 12.3.